The monoisotopic (exact) mass is 271 g/mol. The lowest BCUT2D eigenvalue weighted by Gasteiger charge is -2.18. The summed E-state index contributed by atoms with van der Waals surface area (Å²) in [5, 5.41) is 0. The standard InChI is InChI=1S/C10H14BrN3O/c1-6-3-7(6)4-14(2)9-8(11)10(15)13-5-12-9/h5-7H,3-4H2,1-2H3,(H,12,13,15). The average Bonchev–Trinajstić information content (AvgIpc) is 2.86. The fourth-order valence-electron chi connectivity index (χ4n) is 1.73. The number of anilines is 1. The summed E-state index contributed by atoms with van der Waals surface area (Å²) >= 11 is 3.26. The highest BCUT2D eigenvalue weighted by molar-refractivity contribution is 9.10. The molecule has 1 aliphatic rings. The number of rotatable bonds is 3. The Morgan fingerprint density at radius 1 is 1.73 bits per heavy atom. The quantitative estimate of drug-likeness (QED) is 0.909. The van der Waals surface area contributed by atoms with Gasteiger partial charge < -0.3 is 9.88 Å². The molecule has 0 aliphatic heterocycles. The van der Waals surface area contributed by atoms with Crippen molar-refractivity contribution in [2.45, 2.75) is 13.3 Å². The third-order valence-corrected chi connectivity index (χ3v) is 3.64. The molecule has 1 aromatic heterocycles. The predicted octanol–water partition coefficient (Wildman–Crippen LogP) is 1.62. The maximum absolute atomic E-state index is 11.3. The first kappa shape index (κ1) is 10.7. The maximum Gasteiger partial charge on any atom is 0.267 e. The van der Waals surface area contributed by atoms with Gasteiger partial charge in [0, 0.05) is 13.6 Å². The molecule has 5 heteroatoms. The molecule has 0 spiro atoms. The van der Waals surface area contributed by atoms with Crippen LogP contribution in [0.15, 0.2) is 15.6 Å². The Kier molecular flexibility index (Phi) is 2.82. The van der Waals surface area contributed by atoms with E-state index in [1.54, 1.807) is 0 Å². The number of hydrogen-bond acceptors (Lipinski definition) is 3. The zero-order chi connectivity index (χ0) is 11.0. The summed E-state index contributed by atoms with van der Waals surface area (Å²) in [7, 11) is 1.97. The number of aromatic amines is 1. The van der Waals surface area contributed by atoms with Crippen LogP contribution in [0.1, 0.15) is 13.3 Å². The first-order valence-corrected chi connectivity index (χ1v) is 5.83. The van der Waals surface area contributed by atoms with Crippen LogP contribution in [-0.2, 0) is 0 Å². The van der Waals surface area contributed by atoms with Crippen molar-refractivity contribution in [3.63, 3.8) is 0 Å². The molecule has 15 heavy (non-hydrogen) atoms. The van der Waals surface area contributed by atoms with Crippen LogP contribution >= 0.6 is 15.9 Å². The molecule has 0 aromatic carbocycles. The minimum Gasteiger partial charge on any atom is -0.358 e. The number of hydrogen-bond donors (Lipinski definition) is 1. The summed E-state index contributed by atoms with van der Waals surface area (Å²) in [4.78, 5) is 20.1. The first-order valence-electron chi connectivity index (χ1n) is 5.04. The van der Waals surface area contributed by atoms with Crippen LogP contribution in [0.5, 0.6) is 0 Å². The molecule has 1 saturated carbocycles. The minimum absolute atomic E-state index is 0.129. The number of nitrogens with one attached hydrogen (secondary N) is 1. The summed E-state index contributed by atoms with van der Waals surface area (Å²) in [5.74, 6) is 2.29. The molecular weight excluding hydrogens is 258 g/mol. The molecule has 2 atom stereocenters. The van der Waals surface area contributed by atoms with Gasteiger partial charge in [0.05, 0.1) is 6.33 Å². The Morgan fingerprint density at radius 2 is 2.40 bits per heavy atom. The van der Waals surface area contributed by atoms with Crippen LogP contribution in [0.4, 0.5) is 5.82 Å². The number of nitrogens with zero attached hydrogens (tertiary/aromatic N) is 2. The van der Waals surface area contributed by atoms with E-state index < -0.39 is 0 Å². The topological polar surface area (TPSA) is 49.0 Å². The zero-order valence-electron chi connectivity index (χ0n) is 8.83. The van der Waals surface area contributed by atoms with E-state index in [9.17, 15) is 4.79 Å². The van der Waals surface area contributed by atoms with Crippen LogP contribution in [0.25, 0.3) is 0 Å². The number of H-pyrrole nitrogens is 1. The molecule has 4 nitrogen and oxygen atoms in total. The van der Waals surface area contributed by atoms with Gasteiger partial charge in [0.25, 0.3) is 5.56 Å². The highest BCUT2D eigenvalue weighted by Gasteiger charge is 2.33. The largest absolute Gasteiger partial charge is 0.358 e. The van der Waals surface area contributed by atoms with E-state index in [1.807, 2.05) is 11.9 Å². The molecular formula is C10H14BrN3O. The van der Waals surface area contributed by atoms with Crippen LogP contribution in [-0.4, -0.2) is 23.6 Å². The molecule has 1 N–H and O–H groups in total. The van der Waals surface area contributed by atoms with Crippen molar-refractivity contribution in [2.75, 3.05) is 18.5 Å². The second-order valence-corrected chi connectivity index (χ2v) is 5.02. The molecule has 1 aliphatic carbocycles. The van der Waals surface area contributed by atoms with Crippen LogP contribution in [0.2, 0.25) is 0 Å². The predicted molar refractivity (Wildman–Crippen MR) is 63.1 cm³/mol. The lowest BCUT2D eigenvalue weighted by molar-refractivity contribution is 0.716. The minimum atomic E-state index is -0.129. The highest BCUT2D eigenvalue weighted by atomic mass is 79.9. The van der Waals surface area contributed by atoms with Crippen molar-refractivity contribution in [3.8, 4) is 0 Å². The van der Waals surface area contributed by atoms with Gasteiger partial charge in [-0.15, -0.1) is 0 Å². The zero-order valence-corrected chi connectivity index (χ0v) is 10.4. The summed E-state index contributed by atoms with van der Waals surface area (Å²) in [6.07, 6.45) is 2.72. The van der Waals surface area contributed by atoms with E-state index in [4.69, 9.17) is 0 Å². The van der Waals surface area contributed by atoms with Gasteiger partial charge in [0.2, 0.25) is 0 Å². The highest BCUT2D eigenvalue weighted by Crippen LogP contribution is 2.38. The van der Waals surface area contributed by atoms with Gasteiger partial charge in [-0.25, -0.2) is 4.98 Å². The fourth-order valence-corrected chi connectivity index (χ4v) is 2.25. The van der Waals surface area contributed by atoms with Crippen molar-refractivity contribution in [1.82, 2.24) is 9.97 Å². The van der Waals surface area contributed by atoms with Crippen LogP contribution in [0.3, 0.4) is 0 Å². The van der Waals surface area contributed by atoms with E-state index >= 15 is 0 Å². The fraction of sp³-hybridized carbons (Fsp3) is 0.600. The van der Waals surface area contributed by atoms with Crippen molar-refractivity contribution in [1.29, 1.82) is 0 Å². The van der Waals surface area contributed by atoms with E-state index in [0.29, 0.717) is 4.47 Å². The Hall–Kier alpha value is -0.840. The molecule has 2 rings (SSSR count). The molecule has 2 unspecified atom stereocenters. The Labute approximate surface area is 96.8 Å². The molecule has 1 aromatic rings. The number of halogens is 1. The Morgan fingerprint density at radius 3 is 3.00 bits per heavy atom. The first-order chi connectivity index (χ1) is 7.09. The third-order valence-electron chi connectivity index (χ3n) is 2.92. The van der Waals surface area contributed by atoms with E-state index in [-0.39, 0.29) is 5.56 Å². The van der Waals surface area contributed by atoms with Gasteiger partial charge in [0.1, 0.15) is 10.3 Å². The molecule has 1 fully saturated rings. The van der Waals surface area contributed by atoms with E-state index in [2.05, 4.69) is 32.8 Å². The SMILES string of the molecule is CC1CC1CN(C)c1nc[nH]c(=O)c1Br. The van der Waals surface area contributed by atoms with Crippen LogP contribution in [0, 0.1) is 11.8 Å². The van der Waals surface area contributed by atoms with Crippen molar-refractivity contribution in [2.24, 2.45) is 11.8 Å². The summed E-state index contributed by atoms with van der Waals surface area (Å²) < 4.78 is 0.515. The average molecular weight is 272 g/mol. The molecule has 0 bridgehead atoms. The van der Waals surface area contributed by atoms with Gasteiger partial charge in [-0.05, 0) is 34.2 Å². The summed E-state index contributed by atoms with van der Waals surface area (Å²) in [5.41, 5.74) is -0.129. The molecule has 0 saturated heterocycles. The summed E-state index contributed by atoms with van der Waals surface area (Å²) in [6, 6.07) is 0. The van der Waals surface area contributed by atoms with Gasteiger partial charge in [-0.1, -0.05) is 6.92 Å². The van der Waals surface area contributed by atoms with Crippen LogP contribution < -0.4 is 10.5 Å². The van der Waals surface area contributed by atoms with Gasteiger partial charge >= 0.3 is 0 Å². The maximum atomic E-state index is 11.3. The third kappa shape index (κ3) is 2.22. The lowest BCUT2D eigenvalue weighted by Crippen LogP contribution is -2.24. The van der Waals surface area contributed by atoms with Gasteiger partial charge in [-0.3, -0.25) is 4.79 Å². The molecule has 0 radical (unpaired) electrons. The van der Waals surface area contributed by atoms with Gasteiger partial charge in [-0.2, -0.15) is 0 Å². The lowest BCUT2D eigenvalue weighted by atomic mass is 10.3. The number of aromatic nitrogens is 2. The van der Waals surface area contributed by atoms with Crippen molar-refractivity contribution in [3.05, 3.63) is 21.2 Å². The second-order valence-electron chi connectivity index (χ2n) is 4.22. The summed E-state index contributed by atoms with van der Waals surface area (Å²) in [6.45, 7) is 3.22. The second kappa shape index (κ2) is 3.96. The normalized spacial score (nSPS) is 23.9. The molecule has 82 valence electrons. The smallest absolute Gasteiger partial charge is 0.267 e. The molecule has 0 amide bonds. The van der Waals surface area contributed by atoms with Crippen molar-refractivity contribution < 1.29 is 0 Å². The van der Waals surface area contributed by atoms with Crippen molar-refractivity contribution >= 4 is 21.7 Å². The van der Waals surface area contributed by atoms with E-state index in [1.165, 1.54) is 12.7 Å². The Bertz CT molecular complexity index is 417. The Balaban J connectivity index is 2.14. The van der Waals surface area contributed by atoms with E-state index in [0.717, 1.165) is 24.2 Å². The van der Waals surface area contributed by atoms with Gasteiger partial charge in [0.15, 0.2) is 0 Å². The molecule has 1 heterocycles.